The van der Waals surface area contributed by atoms with Crippen molar-refractivity contribution in [2.24, 2.45) is 5.84 Å². The van der Waals surface area contributed by atoms with E-state index >= 15 is 0 Å². The van der Waals surface area contributed by atoms with Gasteiger partial charge in [-0.05, 0) is 36.4 Å². The number of amides is 1. The van der Waals surface area contributed by atoms with Gasteiger partial charge in [0.1, 0.15) is 4.21 Å². The van der Waals surface area contributed by atoms with E-state index in [0.29, 0.717) is 15.5 Å². The molecule has 1 amide bonds. The molecular formula is C12H12ClN3O3S2. The maximum Gasteiger partial charge on any atom is 0.262 e. The molecule has 0 unspecified atom stereocenters. The van der Waals surface area contributed by atoms with Crippen LogP contribution in [0.3, 0.4) is 0 Å². The third kappa shape index (κ3) is 4.02. The third-order valence-corrected chi connectivity index (χ3v) is 5.60. The number of hydrogen-bond acceptors (Lipinski definition) is 5. The fourth-order valence-corrected chi connectivity index (χ4v) is 3.60. The van der Waals surface area contributed by atoms with E-state index < -0.39 is 10.0 Å². The quantitative estimate of drug-likeness (QED) is 0.564. The predicted molar refractivity (Wildman–Crippen MR) is 81.5 cm³/mol. The van der Waals surface area contributed by atoms with Gasteiger partial charge in [-0.25, -0.2) is 8.42 Å². The monoisotopic (exact) mass is 345 g/mol. The topological polar surface area (TPSA) is 101 Å². The third-order valence-electron chi connectivity index (χ3n) is 2.59. The molecule has 1 heterocycles. The van der Waals surface area contributed by atoms with E-state index in [0.717, 1.165) is 11.3 Å². The Kier molecular flexibility index (Phi) is 4.96. The highest BCUT2D eigenvalue weighted by Gasteiger charge is 2.15. The average molecular weight is 346 g/mol. The SMILES string of the molecule is NNS(=O)(=O)c1ccc(CNC(=O)c2ccc(Cl)cc2)s1. The Labute approximate surface area is 130 Å². The highest BCUT2D eigenvalue weighted by Crippen LogP contribution is 2.21. The van der Waals surface area contributed by atoms with Crippen molar-refractivity contribution in [1.29, 1.82) is 0 Å². The van der Waals surface area contributed by atoms with Gasteiger partial charge in [-0.15, -0.1) is 16.2 Å². The molecule has 0 aliphatic rings. The smallest absolute Gasteiger partial charge is 0.262 e. The average Bonchev–Trinajstić information content (AvgIpc) is 2.95. The van der Waals surface area contributed by atoms with Crippen LogP contribution in [0.1, 0.15) is 15.2 Å². The van der Waals surface area contributed by atoms with Crippen LogP contribution in [0.4, 0.5) is 0 Å². The lowest BCUT2D eigenvalue weighted by atomic mass is 10.2. The summed E-state index contributed by atoms with van der Waals surface area (Å²) in [4.78, 5) is 14.3. The maximum atomic E-state index is 11.9. The number of carbonyl (C=O) groups is 1. The van der Waals surface area contributed by atoms with E-state index in [4.69, 9.17) is 17.4 Å². The number of sulfonamides is 1. The van der Waals surface area contributed by atoms with Gasteiger partial charge in [0.15, 0.2) is 0 Å². The van der Waals surface area contributed by atoms with Crippen molar-refractivity contribution in [1.82, 2.24) is 10.1 Å². The molecule has 1 aromatic carbocycles. The lowest BCUT2D eigenvalue weighted by Crippen LogP contribution is -2.29. The Bertz CT molecular complexity index is 741. The second-order valence-electron chi connectivity index (χ2n) is 4.03. The van der Waals surface area contributed by atoms with Crippen LogP contribution in [-0.2, 0) is 16.6 Å². The van der Waals surface area contributed by atoms with Crippen LogP contribution >= 0.6 is 22.9 Å². The Morgan fingerprint density at radius 1 is 1.19 bits per heavy atom. The molecule has 2 rings (SSSR count). The Morgan fingerprint density at radius 2 is 1.86 bits per heavy atom. The Hall–Kier alpha value is -1.45. The van der Waals surface area contributed by atoms with Gasteiger partial charge < -0.3 is 5.32 Å². The maximum absolute atomic E-state index is 11.9. The van der Waals surface area contributed by atoms with Crippen molar-refractivity contribution in [2.45, 2.75) is 10.8 Å². The first kappa shape index (κ1) is 15.9. The second-order valence-corrected chi connectivity index (χ2v) is 7.58. The summed E-state index contributed by atoms with van der Waals surface area (Å²) in [6, 6.07) is 9.53. The summed E-state index contributed by atoms with van der Waals surface area (Å²) in [7, 11) is -3.65. The minimum absolute atomic E-state index is 0.0979. The molecule has 2 aromatic rings. The molecule has 0 saturated carbocycles. The fraction of sp³-hybridized carbons (Fsp3) is 0.0833. The summed E-state index contributed by atoms with van der Waals surface area (Å²) in [5, 5.41) is 3.25. The van der Waals surface area contributed by atoms with Crippen molar-refractivity contribution in [3.63, 3.8) is 0 Å². The van der Waals surface area contributed by atoms with Gasteiger partial charge in [0.05, 0.1) is 6.54 Å². The Morgan fingerprint density at radius 3 is 2.48 bits per heavy atom. The van der Waals surface area contributed by atoms with Gasteiger partial charge in [-0.1, -0.05) is 11.6 Å². The van der Waals surface area contributed by atoms with Gasteiger partial charge in [0.2, 0.25) is 0 Å². The fourth-order valence-electron chi connectivity index (χ4n) is 1.53. The van der Waals surface area contributed by atoms with E-state index in [-0.39, 0.29) is 16.7 Å². The summed E-state index contributed by atoms with van der Waals surface area (Å²) >= 11 is 6.78. The molecule has 0 atom stereocenters. The van der Waals surface area contributed by atoms with Crippen LogP contribution in [0.5, 0.6) is 0 Å². The summed E-state index contributed by atoms with van der Waals surface area (Å²) in [6.45, 7) is 0.228. The minimum Gasteiger partial charge on any atom is -0.347 e. The van der Waals surface area contributed by atoms with Crippen LogP contribution in [0, 0.1) is 0 Å². The molecule has 4 N–H and O–H groups in total. The van der Waals surface area contributed by atoms with Gasteiger partial charge in [0, 0.05) is 15.5 Å². The van der Waals surface area contributed by atoms with Crippen molar-refractivity contribution in [2.75, 3.05) is 0 Å². The van der Waals surface area contributed by atoms with Crippen LogP contribution in [0.25, 0.3) is 0 Å². The first-order chi connectivity index (χ1) is 9.92. The number of carbonyl (C=O) groups excluding carboxylic acids is 1. The predicted octanol–water partition coefficient (Wildman–Crippen LogP) is 1.48. The number of rotatable bonds is 5. The number of hydrazine groups is 1. The molecule has 21 heavy (non-hydrogen) atoms. The number of hydrogen-bond donors (Lipinski definition) is 3. The van der Waals surface area contributed by atoms with E-state index in [1.165, 1.54) is 6.07 Å². The summed E-state index contributed by atoms with van der Waals surface area (Å²) < 4.78 is 23.1. The molecule has 0 aliphatic heterocycles. The van der Waals surface area contributed by atoms with Crippen molar-refractivity contribution < 1.29 is 13.2 Å². The zero-order valence-corrected chi connectivity index (χ0v) is 13.1. The molecule has 6 nitrogen and oxygen atoms in total. The van der Waals surface area contributed by atoms with Gasteiger partial charge in [-0.3, -0.25) is 10.6 Å². The number of nitrogens with one attached hydrogen (secondary N) is 2. The number of benzene rings is 1. The highest BCUT2D eigenvalue weighted by molar-refractivity contribution is 7.91. The Balaban J connectivity index is 2.00. The molecule has 0 bridgehead atoms. The molecule has 0 saturated heterocycles. The normalized spacial score (nSPS) is 11.3. The summed E-state index contributed by atoms with van der Waals surface area (Å²) in [5.41, 5.74) is 0.479. The minimum atomic E-state index is -3.65. The highest BCUT2D eigenvalue weighted by atomic mass is 35.5. The van der Waals surface area contributed by atoms with Crippen LogP contribution in [0.15, 0.2) is 40.6 Å². The zero-order chi connectivity index (χ0) is 15.5. The van der Waals surface area contributed by atoms with Crippen molar-refractivity contribution in [3.8, 4) is 0 Å². The molecule has 9 heteroatoms. The summed E-state index contributed by atoms with van der Waals surface area (Å²) in [5.74, 6) is 4.68. The molecule has 0 radical (unpaired) electrons. The van der Waals surface area contributed by atoms with Crippen molar-refractivity contribution >= 4 is 38.9 Å². The molecule has 112 valence electrons. The lowest BCUT2D eigenvalue weighted by Gasteiger charge is -2.03. The molecule has 1 aromatic heterocycles. The zero-order valence-electron chi connectivity index (χ0n) is 10.7. The lowest BCUT2D eigenvalue weighted by molar-refractivity contribution is 0.0951. The second kappa shape index (κ2) is 6.54. The number of thiophene rings is 1. The van der Waals surface area contributed by atoms with Crippen LogP contribution in [0.2, 0.25) is 5.02 Å². The molecule has 0 aliphatic carbocycles. The first-order valence-electron chi connectivity index (χ1n) is 5.77. The molecular weight excluding hydrogens is 334 g/mol. The number of halogens is 1. The van der Waals surface area contributed by atoms with Gasteiger partial charge in [0.25, 0.3) is 15.9 Å². The summed E-state index contributed by atoms with van der Waals surface area (Å²) in [6.07, 6.45) is 0. The largest absolute Gasteiger partial charge is 0.347 e. The van der Waals surface area contributed by atoms with Crippen LogP contribution in [-0.4, -0.2) is 14.3 Å². The van der Waals surface area contributed by atoms with Gasteiger partial charge in [-0.2, -0.15) is 0 Å². The number of nitrogens with two attached hydrogens (primary N) is 1. The van der Waals surface area contributed by atoms with Gasteiger partial charge >= 0.3 is 0 Å². The van der Waals surface area contributed by atoms with Crippen LogP contribution < -0.4 is 16.0 Å². The van der Waals surface area contributed by atoms with E-state index in [9.17, 15) is 13.2 Å². The van der Waals surface area contributed by atoms with E-state index in [2.05, 4.69) is 5.32 Å². The van der Waals surface area contributed by atoms with E-state index in [1.807, 2.05) is 0 Å². The van der Waals surface area contributed by atoms with E-state index in [1.54, 1.807) is 35.2 Å². The molecule has 0 spiro atoms. The molecule has 0 fully saturated rings. The first-order valence-corrected chi connectivity index (χ1v) is 8.45. The standard InChI is InChI=1S/C12H12ClN3O3S2/c13-9-3-1-8(2-4-9)12(17)15-7-10-5-6-11(20-10)21(18,19)16-14/h1-6,16H,7,14H2,(H,15,17). The van der Waals surface area contributed by atoms with Crippen molar-refractivity contribution in [3.05, 3.63) is 51.9 Å².